The number of rotatable bonds is 5. The number of carbonyl (C=O) groups is 1. The molecule has 0 atom stereocenters. The average molecular weight is 242 g/mol. The second-order valence-electron chi connectivity index (χ2n) is 4.58. The van der Waals surface area contributed by atoms with Crippen molar-refractivity contribution in [2.45, 2.75) is 13.3 Å². The van der Waals surface area contributed by atoms with Gasteiger partial charge in [-0.15, -0.1) is 0 Å². The van der Waals surface area contributed by atoms with Gasteiger partial charge in [-0.2, -0.15) is 0 Å². The highest BCUT2D eigenvalue weighted by Gasteiger charge is 1.98. The lowest BCUT2D eigenvalue weighted by molar-refractivity contribution is -0.117. The van der Waals surface area contributed by atoms with Crippen molar-refractivity contribution in [2.24, 2.45) is 5.73 Å². The van der Waals surface area contributed by atoms with Crippen LogP contribution in [0, 0.1) is 6.92 Å². The lowest BCUT2D eigenvalue weighted by Crippen LogP contribution is -2.29. The molecule has 0 bridgehead atoms. The van der Waals surface area contributed by atoms with Crippen LogP contribution in [0.1, 0.15) is 11.1 Å². The van der Waals surface area contributed by atoms with Crippen molar-refractivity contribution < 1.29 is 4.79 Å². The molecule has 0 heterocycles. The molecule has 2 aromatic carbocycles. The smallest absolute Gasteiger partial charge is 0.231 e. The van der Waals surface area contributed by atoms with Crippen LogP contribution in [0.2, 0.25) is 0 Å². The van der Waals surface area contributed by atoms with Gasteiger partial charge in [0, 0.05) is 0 Å². The van der Waals surface area contributed by atoms with Gasteiger partial charge < -0.3 is 11.1 Å². The Balaban J connectivity index is 2.01. The minimum Gasteiger partial charge on any atom is -0.369 e. The Kier molecular flexibility index (Phi) is 3.95. The molecule has 0 spiro atoms. The maximum absolute atomic E-state index is 10.6. The third-order valence-corrected chi connectivity index (χ3v) is 2.95. The fourth-order valence-corrected chi connectivity index (χ4v) is 2.01. The van der Waals surface area contributed by atoms with E-state index in [1.54, 1.807) is 0 Å². The SMILES string of the molecule is Cc1ccc2cc(CCNCC(N)=O)ccc2c1. The summed E-state index contributed by atoms with van der Waals surface area (Å²) in [6, 6.07) is 12.9. The number of nitrogens with one attached hydrogen (secondary N) is 1. The Morgan fingerprint density at radius 3 is 2.67 bits per heavy atom. The molecule has 2 rings (SSSR count). The van der Waals surface area contributed by atoms with E-state index in [2.05, 4.69) is 48.6 Å². The molecule has 0 saturated carbocycles. The summed E-state index contributed by atoms with van der Waals surface area (Å²) < 4.78 is 0. The molecule has 0 aromatic heterocycles. The highest BCUT2D eigenvalue weighted by atomic mass is 16.1. The van der Waals surface area contributed by atoms with E-state index < -0.39 is 0 Å². The Morgan fingerprint density at radius 1 is 1.17 bits per heavy atom. The first kappa shape index (κ1) is 12.6. The minimum absolute atomic E-state index is 0.243. The summed E-state index contributed by atoms with van der Waals surface area (Å²) in [4.78, 5) is 10.6. The summed E-state index contributed by atoms with van der Waals surface area (Å²) in [6.45, 7) is 3.11. The summed E-state index contributed by atoms with van der Waals surface area (Å²) >= 11 is 0. The molecular weight excluding hydrogens is 224 g/mol. The largest absolute Gasteiger partial charge is 0.369 e. The van der Waals surface area contributed by atoms with Gasteiger partial charge in [-0.1, -0.05) is 42.0 Å². The van der Waals surface area contributed by atoms with Crippen molar-refractivity contribution in [3.8, 4) is 0 Å². The van der Waals surface area contributed by atoms with Crippen molar-refractivity contribution in [2.75, 3.05) is 13.1 Å². The molecule has 0 unspecified atom stereocenters. The first-order valence-corrected chi connectivity index (χ1v) is 6.13. The Labute approximate surface area is 107 Å². The van der Waals surface area contributed by atoms with Gasteiger partial charge >= 0.3 is 0 Å². The zero-order chi connectivity index (χ0) is 13.0. The van der Waals surface area contributed by atoms with Gasteiger partial charge in [0.05, 0.1) is 6.54 Å². The van der Waals surface area contributed by atoms with E-state index in [0.717, 1.165) is 13.0 Å². The van der Waals surface area contributed by atoms with Crippen molar-refractivity contribution in [3.05, 3.63) is 47.5 Å². The average Bonchev–Trinajstić information content (AvgIpc) is 2.34. The quantitative estimate of drug-likeness (QED) is 0.785. The molecular formula is C15H18N2O. The molecule has 94 valence electrons. The third-order valence-electron chi connectivity index (χ3n) is 2.95. The molecule has 3 nitrogen and oxygen atoms in total. The third kappa shape index (κ3) is 3.31. The number of hydrogen-bond acceptors (Lipinski definition) is 2. The van der Waals surface area contributed by atoms with Crippen LogP contribution in [-0.4, -0.2) is 19.0 Å². The van der Waals surface area contributed by atoms with Crippen molar-refractivity contribution in [3.63, 3.8) is 0 Å². The number of aryl methyl sites for hydroxylation is 1. The fourth-order valence-electron chi connectivity index (χ4n) is 2.01. The van der Waals surface area contributed by atoms with Crippen LogP contribution >= 0.6 is 0 Å². The monoisotopic (exact) mass is 242 g/mol. The van der Waals surface area contributed by atoms with Crippen LogP contribution in [0.15, 0.2) is 36.4 Å². The van der Waals surface area contributed by atoms with Gasteiger partial charge in [-0.05, 0) is 36.2 Å². The maximum Gasteiger partial charge on any atom is 0.231 e. The summed E-state index contributed by atoms with van der Waals surface area (Å²) in [5.41, 5.74) is 7.60. The van der Waals surface area contributed by atoms with Gasteiger partial charge in [0.15, 0.2) is 0 Å². The molecule has 1 amide bonds. The van der Waals surface area contributed by atoms with E-state index in [-0.39, 0.29) is 12.5 Å². The van der Waals surface area contributed by atoms with Crippen molar-refractivity contribution in [1.82, 2.24) is 5.32 Å². The van der Waals surface area contributed by atoms with Crippen LogP contribution in [0.5, 0.6) is 0 Å². The molecule has 0 aliphatic carbocycles. The Morgan fingerprint density at radius 2 is 1.89 bits per heavy atom. The fraction of sp³-hybridized carbons (Fsp3) is 0.267. The van der Waals surface area contributed by atoms with E-state index in [9.17, 15) is 4.79 Å². The van der Waals surface area contributed by atoms with E-state index >= 15 is 0 Å². The van der Waals surface area contributed by atoms with Crippen molar-refractivity contribution >= 4 is 16.7 Å². The molecule has 0 saturated heterocycles. The number of primary amides is 1. The lowest BCUT2D eigenvalue weighted by atomic mass is 10.0. The number of amides is 1. The van der Waals surface area contributed by atoms with Crippen LogP contribution in [0.25, 0.3) is 10.8 Å². The normalized spacial score (nSPS) is 10.7. The summed E-state index contributed by atoms with van der Waals surface area (Å²) in [5, 5.41) is 5.54. The number of benzene rings is 2. The lowest BCUT2D eigenvalue weighted by Gasteiger charge is -2.05. The van der Waals surface area contributed by atoms with Gasteiger partial charge in [0.25, 0.3) is 0 Å². The highest BCUT2D eigenvalue weighted by Crippen LogP contribution is 2.17. The van der Waals surface area contributed by atoms with Gasteiger partial charge in [0.1, 0.15) is 0 Å². The topological polar surface area (TPSA) is 55.1 Å². The molecule has 3 heteroatoms. The Bertz CT molecular complexity index is 563. The van der Waals surface area contributed by atoms with E-state index in [4.69, 9.17) is 5.73 Å². The van der Waals surface area contributed by atoms with E-state index in [0.29, 0.717) is 0 Å². The molecule has 0 fully saturated rings. The van der Waals surface area contributed by atoms with E-state index in [1.807, 2.05) is 0 Å². The predicted octanol–water partition coefficient (Wildman–Crippen LogP) is 1.77. The molecule has 3 N–H and O–H groups in total. The van der Waals surface area contributed by atoms with Gasteiger partial charge in [-0.3, -0.25) is 4.79 Å². The maximum atomic E-state index is 10.6. The van der Waals surface area contributed by atoms with Crippen LogP contribution in [-0.2, 0) is 11.2 Å². The number of nitrogens with two attached hydrogens (primary N) is 1. The summed E-state index contributed by atoms with van der Waals surface area (Å²) in [5.74, 6) is -0.316. The molecule has 0 radical (unpaired) electrons. The highest BCUT2D eigenvalue weighted by molar-refractivity contribution is 5.83. The minimum atomic E-state index is -0.316. The molecule has 0 aliphatic heterocycles. The number of fused-ring (bicyclic) bond motifs is 1. The number of carbonyl (C=O) groups excluding carboxylic acids is 1. The Hall–Kier alpha value is -1.87. The summed E-state index contributed by atoms with van der Waals surface area (Å²) in [7, 11) is 0. The van der Waals surface area contributed by atoms with Gasteiger partial charge in [-0.25, -0.2) is 0 Å². The standard InChI is InChI=1S/C15H18N2O/c1-11-2-4-14-9-12(3-5-13(14)8-11)6-7-17-10-15(16)18/h2-5,8-9,17H,6-7,10H2,1H3,(H2,16,18). The molecule has 18 heavy (non-hydrogen) atoms. The van der Waals surface area contributed by atoms with Crippen molar-refractivity contribution in [1.29, 1.82) is 0 Å². The molecule has 0 aliphatic rings. The zero-order valence-electron chi connectivity index (χ0n) is 10.6. The van der Waals surface area contributed by atoms with Crippen LogP contribution < -0.4 is 11.1 Å². The zero-order valence-corrected chi connectivity index (χ0v) is 10.6. The van der Waals surface area contributed by atoms with Gasteiger partial charge in [0.2, 0.25) is 5.91 Å². The second-order valence-corrected chi connectivity index (χ2v) is 4.58. The summed E-state index contributed by atoms with van der Waals surface area (Å²) in [6.07, 6.45) is 0.900. The number of hydrogen-bond donors (Lipinski definition) is 2. The van der Waals surface area contributed by atoms with Crippen LogP contribution in [0.4, 0.5) is 0 Å². The second kappa shape index (κ2) is 5.65. The first-order chi connectivity index (χ1) is 8.65. The van der Waals surface area contributed by atoms with E-state index in [1.165, 1.54) is 21.9 Å². The van der Waals surface area contributed by atoms with Crippen LogP contribution in [0.3, 0.4) is 0 Å². The predicted molar refractivity (Wildman–Crippen MR) is 74.5 cm³/mol. The first-order valence-electron chi connectivity index (χ1n) is 6.13. The molecule has 2 aromatic rings.